The van der Waals surface area contributed by atoms with E-state index < -0.39 is 0 Å². The number of allylic oxidation sites excluding steroid dienone is 13. The molecule has 0 nitrogen and oxygen atoms in total. The van der Waals surface area contributed by atoms with E-state index in [4.69, 9.17) is 0 Å². The smallest absolute Gasteiger partial charge is 0.0996 e. The van der Waals surface area contributed by atoms with Gasteiger partial charge in [0.05, 0.1) is 0 Å². The maximum absolute atomic E-state index is 4.03. The molecule has 0 aromatic heterocycles. The first-order valence-corrected chi connectivity index (χ1v) is 10.1. The molecule has 0 unspecified atom stereocenters. The van der Waals surface area contributed by atoms with Crippen molar-refractivity contribution < 1.29 is 0 Å². The van der Waals surface area contributed by atoms with Crippen LogP contribution in [0.1, 0.15) is 38.3 Å². The predicted octanol–water partition coefficient (Wildman–Crippen LogP) is 4.68. The quantitative estimate of drug-likeness (QED) is 0.509. The van der Waals surface area contributed by atoms with Crippen LogP contribution in [-0.4, -0.2) is 14.6 Å². The summed E-state index contributed by atoms with van der Waals surface area (Å²) in [6.45, 7) is 18.4. The van der Waals surface area contributed by atoms with Gasteiger partial charge >= 0.3 is 0 Å². The van der Waals surface area contributed by atoms with Crippen LogP contribution in [0.5, 0.6) is 0 Å². The standard InChI is InChI=1S/C26H28B2/c1-7-12-17(6)26-21-16-24-20(19(10-4)22(11-5)27-24)15-25(21)28-23(26)14-13-18(8-2)9-3/h7-8,10-16,27-28H,2,4-5,9H2,1,3,6H3/b12-7-,18-13-,23-14+,26-17+. The van der Waals surface area contributed by atoms with E-state index in [-0.39, 0.29) is 0 Å². The third-order valence-electron chi connectivity index (χ3n) is 5.75. The second kappa shape index (κ2) is 8.52. The van der Waals surface area contributed by atoms with Crippen LogP contribution in [-0.2, 0) is 0 Å². The molecular formula is C26H28B2. The van der Waals surface area contributed by atoms with Crippen LogP contribution >= 0.6 is 0 Å². The van der Waals surface area contributed by atoms with Gasteiger partial charge in [-0.3, -0.25) is 0 Å². The molecule has 0 radical (unpaired) electrons. The molecule has 2 aliphatic rings. The summed E-state index contributed by atoms with van der Waals surface area (Å²) in [5, 5.41) is 0. The molecule has 28 heavy (non-hydrogen) atoms. The zero-order valence-electron chi connectivity index (χ0n) is 17.4. The minimum atomic E-state index is 0.943. The van der Waals surface area contributed by atoms with Crippen LogP contribution in [0.15, 0.2) is 96.5 Å². The fraction of sp³-hybridized carbons (Fsp3) is 0.154. The van der Waals surface area contributed by atoms with Crippen LogP contribution in [0, 0.1) is 0 Å². The molecule has 0 atom stereocenters. The molecular weight excluding hydrogens is 334 g/mol. The summed E-state index contributed by atoms with van der Waals surface area (Å²) in [7, 11) is 1.91. The lowest BCUT2D eigenvalue weighted by Gasteiger charge is -2.10. The lowest BCUT2D eigenvalue weighted by Crippen LogP contribution is -2.21. The zero-order chi connectivity index (χ0) is 20.3. The second-order valence-electron chi connectivity index (χ2n) is 7.42. The number of hydrogen-bond acceptors (Lipinski definition) is 0. The van der Waals surface area contributed by atoms with E-state index in [0.29, 0.717) is 0 Å². The normalized spacial score (nSPS) is 18.7. The van der Waals surface area contributed by atoms with Gasteiger partial charge in [-0.25, -0.2) is 0 Å². The van der Waals surface area contributed by atoms with E-state index in [9.17, 15) is 0 Å². The van der Waals surface area contributed by atoms with E-state index in [1.807, 2.05) is 18.2 Å². The van der Waals surface area contributed by atoms with Crippen molar-refractivity contribution in [3.63, 3.8) is 0 Å². The van der Waals surface area contributed by atoms with E-state index >= 15 is 0 Å². The largest absolute Gasteiger partial charge is 0.193 e. The lowest BCUT2D eigenvalue weighted by molar-refractivity contribution is 1.15. The van der Waals surface area contributed by atoms with Gasteiger partial charge in [-0.05, 0) is 53.7 Å². The molecule has 0 spiro atoms. The molecule has 2 aliphatic heterocycles. The van der Waals surface area contributed by atoms with Gasteiger partial charge in [0.1, 0.15) is 0 Å². The average Bonchev–Trinajstić information content (AvgIpc) is 3.23. The Morgan fingerprint density at radius 2 is 1.75 bits per heavy atom. The molecule has 1 aromatic carbocycles. The maximum Gasteiger partial charge on any atom is 0.193 e. The van der Waals surface area contributed by atoms with E-state index in [0.717, 1.165) is 21.0 Å². The number of benzene rings is 1. The molecule has 0 bridgehead atoms. The Kier molecular flexibility index (Phi) is 6.09. The van der Waals surface area contributed by atoms with Crippen molar-refractivity contribution in [3.8, 4) is 0 Å². The van der Waals surface area contributed by atoms with Gasteiger partial charge in [0.25, 0.3) is 0 Å². The molecule has 0 saturated carbocycles. The highest BCUT2D eigenvalue weighted by atomic mass is 14.2. The first-order valence-electron chi connectivity index (χ1n) is 10.1. The van der Waals surface area contributed by atoms with Crippen molar-refractivity contribution >= 4 is 36.6 Å². The lowest BCUT2D eigenvalue weighted by atomic mass is 9.64. The Labute approximate surface area is 171 Å². The van der Waals surface area contributed by atoms with Gasteiger partial charge in [-0.2, -0.15) is 0 Å². The topological polar surface area (TPSA) is 0 Å². The molecule has 3 rings (SSSR count). The highest BCUT2D eigenvalue weighted by Crippen LogP contribution is 2.34. The number of hydrogen-bond donors (Lipinski definition) is 0. The van der Waals surface area contributed by atoms with E-state index in [2.05, 4.69) is 76.9 Å². The third kappa shape index (κ3) is 3.52. The fourth-order valence-electron chi connectivity index (χ4n) is 4.31. The van der Waals surface area contributed by atoms with Crippen molar-refractivity contribution in [2.24, 2.45) is 0 Å². The summed E-state index contributed by atoms with van der Waals surface area (Å²) in [6.07, 6.45) is 15.7. The van der Waals surface area contributed by atoms with Gasteiger partial charge in [0, 0.05) is 0 Å². The summed E-state index contributed by atoms with van der Waals surface area (Å²) in [5.74, 6) is 0. The van der Waals surface area contributed by atoms with Gasteiger partial charge in [-0.1, -0.05) is 103 Å². The van der Waals surface area contributed by atoms with Crippen molar-refractivity contribution in [3.05, 3.63) is 108 Å². The Bertz CT molecular complexity index is 1010. The molecule has 0 saturated heterocycles. The van der Waals surface area contributed by atoms with Crippen LogP contribution in [0.25, 0.3) is 11.1 Å². The van der Waals surface area contributed by atoms with Crippen LogP contribution in [0.3, 0.4) is 0 Å². The second-order valence-corrected chi connectivity index (χ2v) is 7.42. The minimum Gasteiger partial charge on any atom is -0.0996 e. The van der Waals surface area contributed by atoms with Gasteiger partial charge in [0.15, 0.2) is 14.6 Å². The number of fused-ring (bicyclic) bond motifs is 2. The van der Waals surface area contributed by atoms with Crippen molar-refractivity contribution in [1.82, 2.24) is 0 Å². The number of rotatable bonds is 6. The van der Waals surface area contributed by atoms with Gasteiger partial charge in [0.2, 0.25) is 0 Å². The summed E-state index contributed by atoms with van der Waals surface area (Å²) in [6, 6.07) is 4.77. The summed E-state index contributed by atoms with van der Waals surface area (Å²) in [4.78, 5) is 0. The van der Waals surface area contributed by atoms with E-state index in [1.54, 1.807) is 0 Å². The maximum atomic E-state index is 4.03. The molecule has 0 amide bonds. The van der Waals surface area contributed by atoms with Crippen LogP contribution in [0.2, 0.25) is 0 Å². The molecule has 0 fully saturated rings. The zero-order valence-corrected chi connectivity index (χ0v) is 17.4. The fourth-order valence-corrected chi connectivity index (χ4v) is 4.31. The average molecular weight is 362 g/mol. The molecule has 138 valence electrons. The van der Waals surface area contributed by atoms with Crippen molar-refractivity contribution in [2.45, 2.75) is 27.2 Å². The summed E-state index contributed by atoms with van der Waals surface area (Å²) < 4.78 is 0. The molecule has 2 heterocycles. The van der Waals surface area contributed by atoms with E-state index in [1.165, 1.54) is 55.3 Å². The first kappa shape index (κ1) is 20.0. The SMILES string of the molecule is C=CC1=C(C=C)c2cc3c(cc2B1)C(=C(C)\C=C/C)/C(=C\C=C(\C=C)CC)B3. The Morgan fingerprint density at radius 1 is 1.04 bits per heavy atom. The summed E-state index contributed by atoms with van der Waals surface area (Å²) >= 11 is 0. The Hall–Kier alpha value is -2.73. The molecule has 0 aliphatic carbocycles. The highest BCUT2D eigenvalue weighted by molar-refractivity contribution is 6.71. The van der Waals surface area contributed by atoms with Crippen molar-refractivity contribution in [1.29, 1.82) is 0 Å². The third-order valence-corrected chi connectivity index (χ3v) is 5.75. The Balaban J connectivity index is 2.17. The Morgan fingerprint density at radius 3 is 2.36 bits per heavy atom. The van der Waals surface area contributed by atoms with Crippen LogP contribution < -0.4 is 10.9 Å². The summed E-state index contributed by atoms with van der Waals surface area (Å²) in [5.41, 5.74) is 13.3. The molecule has 0 N–H and O–H groups in total. The first-order chi connectivity index (χ1) is 13.6. The molecule has 2 heteroatoms. The van der Waals surface area contributed by atoms with Gasteiger partial charge in [-0.15, -0.1) is 0 Å². The van der Waals surface area contributed by atoms with Gasteiger partial charge < -0.3 is 0 Å². The van der Waals surface area contributed by atoms with Crippen molar-refractivity contribution in [2.75, 3.05) is 0 Å². The minimum absolute atomic E-state index is 0.943. The highest BCUT2D eigenvalue weighted by Gasteiger charge is 2.28. The molecule has 1 aromatic rings. The monoisotopic (exact) mass is 362 g/mol. The predicted molar refractivity (Wildman–Crippen MR) is 131 cm³/mol. The van der Waals surface area contributed by atoms with Crippen LogP contribution in [0.4, 0.5) is 0 Å².